The Kier molecular flexibility index (Phi) is 4.66. The molecule has 0 unspecified atom stereocenters. The molecule has 0 saturated heterocycles. The summed E-state index contributed by atoms with van der Waals surface area (Å²) in [5, 5.41) is 12.3. The predicted molar refractivity (Wildman–Crippen MR) is 103 cm³/mol. The number of aromatic hydroxyl groups is 1. The molecular weight excluding hydrogens is 294 g/mol. The van der Waals surface area contributed by atoms with Gasteiger partial charge in [0.25, 0.3) is 0 Å². The molecule has 24 heavy (non-hydrogen) atoms. The van der Waals surface area contributed by atoms with Gasteiger partial charge in [-0.3, -0.25) is 4.99 Å². The Hall–Kier alpha value is -2.61. The van der Waals surface area contributed by atoms with Crippen molar-refractivity contribution in [3.05, 3.63) is 77.4 Å². The number of benzene rings is 2. The summed E-state index contributed by atoms with van der Waals surface area (Å²) in [6.07, 6.45) is 9.29. The smallest absolute Gasteiger partial charge is 0.123 e. The van der Waals surface area contributed by atoms with Gasteiger partial charge in [0.2, 0.25) is 0 Å². The van der Waals surface area contributed by atoms with Crippen LogP contribution < -0.4 is 0 Å². The lowest BCUT2D eigenvalue weighted by Gasteiger charge is -2.19. The van der Waals surface area contributed by atoms with E-state index < -0.39 is 0 Å². The molecule has 0 spiro atoms. The van der Waals surface area contributed by atoms with Gasteiger partial charge >= 0.3 is 0 Å². The maximum atomic E-state index is 10.3. The molecule has 1 aliphatic carbocycles. The van der Waals surface area contributed by atoms with Crippen molar-refractivity contribution >= 4 is 16.5 Å². The van der Waals surface area contributed by atoms with Crippen molar-refractivity contribution in [2.45, 2.75) is 20.3 Å². The fourth-order valence-corrected chi connectivity index (χ4v) is 3.27. The van der Waals surface area contributed by atoms with E-state index in [1.54, 1.807) is 6.07 Å². The van der Waals surface area contributed by atoms with E-state index >= 15 is 0 Å². The molecule has 2 heteroatoms. The van der Waals surface area contributed by atoms with E-state index in [0.717, 1.165) is 28.5 Å². The van der Waals surface area contributed by atoms with Crippen LogP contribution in [0.1, 0.15) is 19.4 Å². The molecule has 122 valence electrons. The van der Waals surface area contributed by atoms with Crippen molar-refractivity contribution in [1.29, 1.82) is 0 Å². The number of fused-ring (bicyclic) bond motifs is 1. The van der Waals surface area contributed by atoms with Gasteiger partial charge in [-0.15, -0.1) is 0 Å². The van der Waals surface area contributed by atoms with Crippen molar-refractivity contribution in [3.8, 4) is 5.75 Å². The highest BCUT2D eigenvalue weighted by Crippen LogP contribution is 2.30. The Morgan fingerprint density at radius 1 is 1.12 bits per heavy atom. The summed E-state index contributed by atoms with van der Waals surface area (Å²) in [6, 6.07) is 11.8. The molecule has 0 aromatic heterocycles. The topological polar surface area (TPSA) is 32.6 Å². The average Bonchev–Trinajstić information content (AvgIpc) is 2.59. The van der Waals surface area contributed by atoms with Crippen LogP contribution in [-0.2, 0) is 6.42 Å². The van der Waals surface area contributed by atoms with Crippen molar-refractivity contribution in [1.82, 2.24) is 0 Å². The van der Waals surface area contributed by atoms with Gasteiger partial charge in [-0.05, 0) is 46.6 Å². The van der Waals surface area contributed by atoms with E-state index in [4.69, 9.17) is 0 Å². The first-order valence-electron chi connectivity index (χ1n) is 8.37. The van der Waals surface area contributed by atoms with Crippen molar-refractivity contribution in [2.75, 3.05) is 7.05 Å². The molecule has 2 nitrogen and oxygen atoms in total. The number of hydrogen-bond donors (Lipinski definition) is 1. The number of nitrogens with zero attached hydrogens (tertiary/aromatic N) is 1. The number of hydrogen-bond acceptors (Lipinski definition) is 2. The van der Waals surface area contributed by atoms with Crippen LogP contribution in [0, 0.1) is 5.92 Å². The SMILES string of the molecule is CN=C1C=CC=C(C(C)C)/C1=C/Cc1cccc2cccc(O)c12. The molecule has 2 aromatic rings. The molecule has 1 N–H and O–H groups in total. The van der Waals surface area contributed by atoms with Crippen LogP contribution in [0.3, 0.4) is 0 Å². The first-order chi connectivity index (χ1) is 11.6. The summed E-state index contributed by atoms with van der Waals surface area (Å²) in [7, 11) is 1.83. The maximum absolute atomic E-state index is 10.3. The lowest BCUT2D eigenvalue weighted by atomic mass is 9.87. The summed E-state index contributed by atoms with van der Waals surface area (Å²) >= 11 is 0. The molecule has 3 rings (SSSR count). The number of phenolic OH excluding ortho intramolecular Hbond substituents is 1. The molecule has 0 bridgehead atoms. The number of rotatable bonds is 3. The summed E-state index contributed by atoms with van der Waals surface area (Å²) in [5.41, 5.74) is 4.65. The predicted octanol–water partition coefficient (Wildman–Crippen LogP) is 5.24. The molecule has 0 radical (unpaired) electrons. The van der Waals surface area contributed by atoms with Gasteiger partial charge in [0.15, 0.2) is 0 Å². The Labute approximate surface area is 143 Å². The quantitative estimate of drug-likeness (QED) is 0.825. The van der Waals surface area contributed by atoms with Gasteiger partial charge < -0.3 is 5.11 Å². The Bertz CT molecular complexity index is 877. The number of allylic oxidation sites excluding steroid dienone is 6. The highest BCUT2D eigenvalue weighted by atomic mass is 16.3. The second-order valence-corrected chi connectivity index (χ2v) is 6.36. The van der Waals surface area contributed by atoms with Crippen LogP contribution in [0.25, 0.3) is 10.8 Å². The fraction of sp³-hybridized carbons (Fsp3) is 0.227. The third-order valence-corrected chi connectivity index (χ3v) is 4.47. The standard InChI is InChI=1S/C22H23NO/c1-15(2)18-10-6-11-20(23-3)19(18)14-13-17-8-4-7-16-9-5-12-21(24)22(16)17/h4-12,14-15,24H,13H2,1-3H3/b19-14-,23-20?. The zero-order chi connectivity index (χ0) is 17.1. The zero-order valence-corrected chi connectivity index (χ0v) is 14.5. The second kappa shape index (κ2) is 6.88. The maximum Gasteiger partial charge on any atom is 0.123 e. The fourth-order valence-electron chi connectivity index (χ4n) is 3.27. The van der Waals surface area contributed by atoms with Crippen molar-refractivity contribution in [2.24, 2.45) is 10.9 Å². The first kappa shape index (κ1) is 16.3. The van der Waals surface area contributed by atoms with Crippen LogP contribution in [0.15, 0.2) is 76.8 Å². The van der Waals surface area contributed by atoms with Gasteiger partial charge in [-0.2, -0.15) is 0 Å². The van der Waals surface area contributed by atoms with Crippen LogP contribution >= 0.6 is 0 Å². The van der Waals surface area contributed by atoms with Gasteiger partial charge in [0.1, 0.15) is 5.75 Å². The normalized spacial score (nSPS) is 17.9. The lowest BCUT2D eigenvalue weighted by Crippen LogP contribution is -2.10. The molecule has 0 amide bonds. The molecule has 0 fully saturated rings. The van der Waals surface area contributed by atoms with Gasteiger partial charge in [-0.1, -0.05) is 62.4 Å². The van der Waals surface area contributed by atoms with Crippen LogP contribution in [-0.4, -0.2) is 17.9 Å². The monoisotopic (exact) mass is 317 g/mol. The van der Waals surface area contributed by atoms with E-state index in [1.807, 2.05) is 31.3 Å². The van der Waals surface area contributed by atoms with Gasteiger partial charge in [0, 0.05) is 12.4 Å². The molecule has 0 saturated carbocycles. The minimum absolute atomic E-state index is 0.342. The van der Waals surface area contributed by atoms with Crippen LogP contribution in [0.5, 0.6) is 5.75 Å². The second-order valence-electron chi connectivity index (χ2n) is 6.36. The molecule has 1 aliphatic rings. The van der Waals surface area contributed by atoms with Gasteiger partial charge in [0.05, 0.1) is 5.71 Å². The molecule has 0 atom stereocenters. The van der Waals surface area contributed by atoms with E-state index in [9.17, 15) is 5.11 Å². The van der Waals surface area contributed by atoms with Crippen LogP contribution in [0.4, 0.5) is 0 Å². The molecule has 0 aliphatic heterocycles. The highest BCUT2D eigenvalue weighted by Gasteiger charge is 2.16. The Morgan fingerprint density at radius 2 is 1.88 bits per heavy atom. The van der Waals surface area contributed by atoms with E-state index in [2.05, 4.69) is 49.2 Å². The van der Waals surface area contributed by atoms with E-state index in [1.165, 1.54) is 11.1 Å². The minimum atomic E-state index is 0.342. The summed E-state index contributed by atoms with van der Waals surface area (Å²) in [4.78, 5) is 4.43. The van der Waals surface area contributed by atoms with Gasteiger partial charge in [-0.25, -0.2) is 0 Å². The third kappa shape index (κ3) is 3.05. The molecular formula is C22H23NO. The molecule has 2 aromatic carbocycles. The average molecular weight is 317 g/mol. The third-order valence-electron chi connectivity index (χ3n) is 4.47. The van der Waals surface area contributed by atoms with Crippen molar-refractivity contribution in [3.63, 3.8) is 0 Å². The summed E-state index contributed by atoms with van der Waals surface area (Å²) in [6.45, 7) is 4.41. The zero-order valence-electron chi connectivity index (χ0n) is 14.5. The Morgan fingerprint density at radius 3 is 2.58 bits per heavy atom. The largest absolute Gasteiger partial charge is 0.507 e. The van der Waals surface area contributed by atoms with E-state index in [0.29, 0.717) is 11.7 Å². The first-order valence-corrected chi connectivity index (χ1v) is 8.37. The van der Waals surface area contributed by atoms with Crippen molar-refractivity contribution < 1.29 is 5.11 Å². The number of aliphatic imine (C=N–C) groups is 1. The minimum Gasteiger partial charge on any atom is -0.507 e. The molecule has 0 heterocycles. The summed E-state index contributed by atoms with van der Waals surface area (Å²) < 4.78 is 0. The highest BCUT2D eigenvalue weighted by molar-refractivity contribution is 6.12. The lowest BCUT2D eigenvalue weighted by molar-refractivity contribution is 0.481. The Balaban J connectivity index is 2.04. The van der Waals surface area contributed by atoms with Crippen LogP contribution in [0.2, 0.25) is 0 Å². The summed E-state index contributed by atoms with van der Waals surface area (Å²) in [5.74, 6) is 0.785. The number of phenols is 1. The van der Waals surface area contributed by atoms with E-state index in [-0.39, 0.29) is 0 Å².